The number of fused-ring (bicyclic) bond motifs is 16. The highest BCUT2D eigenvalue weighted by atomic mass is 32.1. The van der Waals surface area contributed by atoms with Crippen LogP contribution in [0.25, 0.3) is 119 Å². The quantitative estimate of drug-likeness (QED) is 0.169. The molecule has 5 heteroatoms. The Hall–Kier alpha value is -7.34. The van der Waals surface area contributed by atoms with Gasteiger partial charge < -0.3 is 9.13 Å². The Morgan fingerprint density at radius 1 is 0.368 bits per heavy atom. The second-order valence-electron chi connectivity index (χ2n) is 14.9. The molecular weight excluding hydrogens is 713 g/mol. The SMILES string of the molecule is c1cc(-c2ncc3c4ccccc4c4ccccc4c3n2)cc(-n2c3ccccc3c3c4c5ccccc5n(-c5ccc6sc7ccccc7c6c5)c4ccc32)c1. The molecule has 4 heterocycles. The van der Waals surface area contributed by atoms with Crippen LogP contribution in [0.2, 0.25) is 0 Å². The molecule has 4 aromatic heterocycles. The molecule has 9 aromatic carbocycles. The number of rotatable bonds is 3. The van der Waals surface area contributed by atoms with Gasteiger partial charge in [-0.3, -0.25) is 0 Å². The maximum absolute atomic E-state index is 5.29. The van der Waals surface area contributed by atoms with Crippen molar-refractivity contribution < 1.29 is 0 Å². The van der Waals surface area contributed by atoms with Gasteiger partial charge in [0.25, 0.3) is 0 Å². The van der Waals surface area contributed by atoms with E-state index in [1.54, 1.807) is 0 Å². The average Bonchev–Trinajstić information content (AvgIpc) is 3.94. The molecule has 0 aliphatic heterocycles. The van der Waals surface area contributed by atoms with Crippen LogP contribution >= 0.6 is 11.3 Å². The van der Waals surface area contributed by atoms with Crippen LogP contribution in [0.1, 0.15) is 0 Å². The third-order valence-electron chi connectivity index (χ3n) is 11.9. The van der Waals surface area contributed by atoms with Gasteiger partial charge in [0.15, 0.2) is 5.82 Å². The predicted molar refractivity (Wildman–Crippen MR) is 242 cm³/mol. The Balaban J connectivity index is 1.04. The summed E-state index contributed by atoms with van der Waals surface area (Å²) in [6.45, 7) is 0. The highest BCUT2D eigenvalue weighted by molar-refractivity contribution is 7.25. The second kappa shape index (κ2) is 11.6. The summed E-state index contributed by atoms with van der Waals surface area (Å²) in [5, 5.41) is 13.4. The van der Waals surface area contributed by atoms with Crippen molar-refractivity contribution in [1.29, 1.82) is 0 Å². The highest BCUT2D eigenvalue weighted by Crippen LogP contribution is 2.44. The summed E-state index contributed by atoms with van der Waals surface area (Å²) in [5.74, 6) is 0.714. The molecule has 0 amide bonds. The fourth-order valence-electron chi connectivity index (χ4n) is 9.51. The van der Waals surface area contributed by atoms with Gasteiger partial charge in [0, 0.05) is 75.6 Å². The van der Waals surface area contributed by atoms with Crippen molar-refractivity contribution in [3.63, 3.8) is 0 Å². The fraction of sp³-hybridized carbons (Fsp3) is 0. The zero-order valence-corrected chi connectivity index (χ0v) is 31.3. The van der Waals surface area contributed by atoms with Crippen LogP contribution in [-0.2, 0) is 0 Å². The first kappa shape index (κ1) is 30.9. The molecule has 264 valence electrons. The van der Waals surface area contributed by atoms with Crippen LogP contribution in [-0.4, -0.2) is 19.1 Å². The summed E-state index contributed by atoms with van der Waals surface area (Å²) < 4.78 is 7.49. The maximum atomic E-state index is 5.29. The molecule has 0 fully saturated rings. The van der Waals surface area contributed by atoms with E-state index in [4.69, 9.17) is 9.97 Å². The van der Waals surface area contributed by atoms with Gasteiger partial charge in [0.05, 0.1) is 27.6 Å². The van der Waals surface area contributed by atoms with E-state index in [0.29, 0.717) is 5.82 Å². The van der Waals surface area contributed by atoms with Crippen LogP contribution < -0.4 is 0 Å². The number of para-hydroxylation sites is 2. The molecule has 0 radical (unpaired) electrons. The molecule has 0 atom stereocenters. The standard InChI is InChI=1S/C52H30N4S/c1-2-16-36-34(14-1)35-15-3-4-18-38(35)51-42(36)30-53-52(54-51)31-12-11-13-32(28-31)55-43-21-8-5-19-39(43)49-45(55)25-26-46-50(49)40-20-6-9-22-44(40)56(46)33-24-27-48-41(29-33)37-17-7-10-23-47(37)57-48/h1-30H. The summed E-state index contributed by atoms with van der Waals surface area (Å²) in [6, 6.07) is 63.8. The van der Waals surface area contributed by atoms with Crippen molar-refractivity contribution in [1.82, 2.24) is 19.1 Å². The highest BCUT2D eigenvalue weighted by Gasteiger charge is 2.21. The van der Waals surface area contributed by atoms with Gasteiger partial charge in [-0.15, -0.1) is 11.3 Å². The first-order valence-corrected chi connectivity index (χ1v) is 20.1. The topological polar surface area (TPSA) is 35.6 Å². The second-order valence-corrected chi connectivity index (χ2v) is 16.0. The van der Waals surface area contributed by atoms with Crippen molar-refractivity contribution in [2.75, 3.05) is 0 Å². The van der Waals surface area contributed by atoms with Crippen molar-refractivity contribution >= 4 is 108 Å². The third kappa shape index (κ3) is 4.32. The number of hydrogen-bond acceptors (Lipinski definition) is 3. The van der Waals surface area contributed by atoms with Crippen LogP contribution in [0.5, 0.6) is 0 Å². The summed E-state index contributed by atoms with van der Waals surface area (Å²) in [4.78, 5) is 10.3. The molecule has 0 unspecified atom stereocenters. The molecule has 13 rings (SSSR count). The van der Waals surface area contributed by atoms with Crippen LogP contribution in [0.15, 0.2) is 182 Å². The van der Waals surface area contributed by atoms with E-state index in [1.807, 2.05) is 17.5 Å². The Labute approximate surface area is 330 Å². The number of benzene rings is 9. The van der Waals surface area contributed by atoms with Crippen LogP contribution in [0.4, 0.5) is 0 Å². The normalized spacial score (nSPS) is 12.2. The minimum Gasteiger partial charge on any atom is -0.309 e. The van der Waals surface area contributed by atoms with Crippen molar-refractivity contribution in [2.24, 2.45) is 0 Å². The van der Waals surface area contributed by atoms with E-state index in [-0.39, 0.29) is 0 Å². The van der Waals surface area contributed by atoms with Gasteiger partial charge in [-0.05, 0) is 76.8 Å². The third-order valence-corrected chi connectivity index (χ3v) is 13.1. The van der Waals surface area contributed by atoms with E-state index in [1.165, 1.54) is 80.1 Å². The lowest BCUT2D eigenvalue weighted by molar-refractivity contribution is 1.17. The molecule has 4 nitrogen and oxygen atoms in total. The molecule has 0 spiro atoms. The summed E-state index contributed by atoms with van der Waals surface area (Å²) >= 11 is 1.86. The van der Waals surface area contributed by atoms with Gasteiger partial charge >= 0.3 is 0 Å². The first-order valence-electron chi connectivity index (χ1n) is 19.3. The molecule has 0 aliphatic carbocycles. The van der Waals surface area contributed by atoms with Crippen LogP contribution in [0.3, 0.4) is 0 Å². The summed E-state index contributed by atoms with van der Waals surface area (Å²) in [6.07, 6.45) is 2.00. The van der Waals surface area contributed by atoms with Gasteiger partial charge in [-0.1, -0.05) is 115 Å². The average molecular weight is 743 g/mol. The lowest BCUT2D eigenvalue weighted by Crippen LogP contribution is -1.97. The lowest BCUT2D eigenvalue weighted by atomic mass is 9.98. The Morgan fingerprint density at radius 3 is 1.61 bits per heavy atom. The minimum absolute atomic E-state index is 0.714. The molecule has 13 aromatic rings. The van der Waals surface area contributed by atoms with Crippen molar-refractivity contribution in [3.8, 4) is 22.8 Å². The molecule has 0 aliphatic rings. The molecule has 57 heavy (non-hydrogen) atoms. The lowest BCUT2D eigenvalue weighted by Gasteiger charge is -2.12. The zero-order chi connectivity index (χ0) is 37.2. The molecule has 0 N–H and O–H groups in total. The van der Waals surface area contributed by atoms with E-state index in [0.717, 1.165) is 33.1 Å². The van der Waals surface area contributed by atoms with E-state index < -0.39 is 0 Å². The molecule has 0 saturated carbocycles. The van der Waals surface area contributed by atoms with Crippen molar-refractivity contribution in [3.05, 3.63) is 182 Å². The van der Waals surface area contributed by atoms with E-state index in [2.05, 4.69) is 185 Å². The Kier molecular flexibility index (Phi) is 6.29. The largest absolute Gasteiger partial charge is 0.309 e. The number of thiophene rings is 1. The number of nitrogens with zero attached hydrogens (tertiary/aromatic N) is 4. The fourth-order valence-corrected chi connectivity index (χ4v) is 10.6. The van der Waals surface area contributed by atoms with E-state index >= 15 is 0 Å². The molecule has 0 saturated heterocycles. The Morgan fingerprint density at radius 2 is 0.912 bits per heavy atom. The summed E-state index contributed by atoms with van der Waals surface area (Å²) in [7, 11) is 0. The van der Waals surface area contributed by atoms with Crippen molar-refractivity contribution in [2.45, 2.75) is 0 Å². The smallest absolute Gasteiger partial charge is 0.159 e. The minimum atomic E-state index is 0.714. The Bertz CT molecular complexity index is 3790. The monoisotopic (exact) mass is 742 g/mol. The van der Waals surface area contributed by atoms with Gasteiger partial charge in [-0.2, -0.15) is 0 Å². The maximum Gasteiger partial charge on any atom is 0.159 e. The van der Waals surface area contributed by atoms with Gasteiger partial charge in [0.1, 0.15) is 0 Å². The molecular formula is C52H30N4S. The summed E-state index contributed by atoms with van der Waals surface area (Å²) in [5.41, 5.74) is 8.92. The number of hydrogen-bond donors (Lipinski definition) is 0. The predicted octanol–water partition coefficient (Wildman–Crippen LogP) is 14.2. The first-order chi connectivity index (χ1) is 28.3. The zero-order valence-electron chi connectivity index (χ0n) is 30.5. The molecule has 0 bridgehead atoms. The van der Waals surface area contributed by atoms with Gasteiger partial charge in [-0.25, -0.2) is 9.97 Å². The van der Waals surface area contributed by atoms with E-state index in [9.17, 15) is 0 Å². The number of aromatic nitrogens is 4. The van der Waals surface area contributed by atoms with Crippen LogP contribution in [0, 0.1) is 0 Å². The van der Waals surface area contributed by atoms with Gasteiger partial charge in [0.2, 0.25) is 0 Å².